The van der Waals surface area contributed by atoms with E-state index in [0.29, 0.717) is 43.4 Å². The molecule has 1 saturated heterocycles. The van der Waals surface area contributed by atoms with Crippen molar-refractivity contribution in [3.63, 3.8) is 0 Å². The molecule has 0 bridgehead atoms. The second kappa shape index (κ2) is 9.08. The molecule has 0 aliphatic carbocycles. The van der Waals surface area contributed by atoms with Crippen LogP contribution in [0.3, 0.4) is 0 Å². The van der Waals surface area contributed by atoms with Crippen molar-refractivity contribution in [3.05, 3.63) is 80.7 Å². The number of hydrogen-bond acceptors (Lipinski definition) is 4. The molecule has 1 aromatic heterocycles. The molecule has 1 amide bonds. The summed E-state index contributed by atoms with van der Waals surface area (Å²) in [6, 6.07) is 13.1. The first-order valence-electron chi connectivity index (χ1n) is 10.8. The number of carbonyl (C=O) groups is 1. The maximum absolute atomic E-state index is 13.7. The van der Waals surface area contributed by atoms with Crippen molar-refractivity contribution in [2.45, 2.75) is 44.8 Å². The van der Waals surface area contributed by atoms with Gasteiger partial charge in [-0.05, 0) is 56.0 Å². The van der Waals surface area contributed by atoms with Crippen molar-refractivity contribution in [2.75, 3.05) is 13.2 Å². The number of ether oxygens (including phenoxy) is 1. The summed E-state index contributed by atoms with van der Waals surface area (Å²) < 4.78 is 21.7. The van der Waals surface area contributed by atoms with Gasteiger partial charge in [0, 0.05) is 25.3 Å². The van der Waals surface area contributed by atoms with Crippen LogP contribution in [0.25, 0.3) is 10.9 Å². The van der Waals surface area contributed by atoms with Gasteiger partial charge in [-0.25, -0.2) is 9.18 Å². The van der Waals surface area contributed by atoms with Crippen LogP contribution in [-0.2, 0) is 29.0 Å². The van der Waals surface area contributed by atoms with E-state index in [2.05, 4.69) is 5.32 Å². The molecule has 1 aliphatic heterocycles. The summed E-state index contributed by atoms with van der Waals surface area (Å²) >= 11 is 0. The summed E-state index contributed by atoms with van der Waals surface area (Å²) in [7, 11) is 0. The molecule has 0 spiro atoms. The molecule has 4 rings (SSSR count). The molecular formula is C24H26FN3O4. The number of para-hydroxylation sites is 1. The first kappa shape index (κ1) is 22.0. The number of carbonyl (C=O) groups excluding carboxylic acids is 1. The summed E-state index contributed by atoms with van der Waals surface area (Å²) in [5.41, 5.74) is -0.265. The van der Waals surface area contributed by atoms with E-state index in [4.69, 9.17) is 4.74 Å². The van der Waals surface area contributed by atoms with Crippen LogP contribution in [0.4, 0.5) is 4.39 Å². The van der Waals surface area contributed by atoms with Crippen molar-refractivity contribution >= 4 is 16.8 Å². The molecule has 3 aromatic rings. The fourth-order valence-corrected chi connectivity index (χ4v) is 4.43. The Hall–Kier alpha value is -3.26. The fourth-order valence-electron chi connectivity index (χ4n) is 4.43. The lowest BCUT2D eigenvalue weighted by molar-refractivity contribution is -0.124. The number of nitrogens with one attached hydrogen (secondary N) is 1. The van der Waals surface area contributed by atoms with Gasteiger partial charge in [-0.15, -0.1) is 0 Å². The molecule has 168 valence electrons. The Balaban J connectivity index is 1.65. The number of nitrogens with zero attached hydrogens (tertiary/aromatic N) is 2. The molecular weight excluding hydrogens is 413 g/mol. The van der Waals surface area contributed by atoms with E-state index in [1.807, 2.05) is 6.07 Å². The van der Waals surface area contributed by atoms with Crippen LogP contribution in [-0.4, -0.2) is 33.8 Å². The van der Waals surface area contributed by atoms with E-state index in [0.717, 1.165) is 10.1 Å². The number of amides is 1. The van der Waals surface area contributed by atoms with Gasteiger partial charge >= 0.3 is 5.69 Å². The van der Waals surface area contributed by atoms with Crippen LogP contribution in [0.5, 0.6) is 0 Å². The monoisotopic (exact) mass is 439 g/mol. The highest BCUT2D eigenvalue weighted by Crippen LogP contribution is 2.26. The first-order chi connectivity index (χ1) is 15.4. The van der Waals surface area contributed by atoms with Gasteiger partial charge < -0.3 is 10.1 Å². The third-order valence-electron chi connectivity index (χ3n) is 6.04. The van der Waals surface area contributed by atoms with Crippen molar-refractivity contribution < 1.29 is 13.9 Å². The summed E-state index contributed by atoms with van der Waals surface area (Å²) in [6.07, 6.45) is 1.63. The number of rotatable bonds is 6. The average molecular weight is 439 g/mol. The summed E-state index contributed by atoms with van der Waals surface area (Å²) in [5.74, 6) is -0.660. The SMILES string of the molecule is CCn1c(=O)c2ccccc2n(CC(=O)NC2(Cc3cccc(F)c3)CCOCC2)c1=O. The molecule has 1 aliphatic rings. The molecule has 2 heterocycles. The van der Waals surface area contributed by atoms with E-state index in [1.165, 1.54) is 16.7 Å². The van der Waals surface area contributed by atoms with E-state index in [1.54, 1.807) is 37.3 Å². The van der Waals surface area contributed by atoms with Crippen LogP contribution in [0.15, 0.2) is 58.1 Å². The molecule has 32 heavy (non-hydrogen) atoms. The van der Waals surface area contributed by atoms with Crippen LogP contribution in [0, 0.1) is 5.82 Å². The van der Waals surface area contributed by atoms with Gasteiger partial charge in [0.25, 0.3) is 5.56 Å². The molecule has 2 aromatic carbocycles. The molecule has 7 nitrogen and oxygen atoms in total. The van der Waals surface area contributed by atoms with Gasteiger partial charge in [-0.2, -0.15) is 0 Å². The minimum Gasteiger partial charge on any atom is -0.381 e. The minimum absolute atomic E-state index is 0.213. The molecule has 0 saturated carbocycles. The topological polar surface area (TPSA) is 82.3 Å². The van der Waals surface area contributed by atoms with Crippen LogP contribution in [0.2, 0.25) is 0 Å². The molecule has 1 fully saturated rings. The quantitative estimate of drug-likeness (QED) is 0.639. The number of aromatic nitrogens is 2. The van der Waals surface area contributed by atoms with Crippen LogP contribution in [0.1, 0.15) is 25.3 Å². The highest BCUT2D eigenvalue weighted by atomic mass is 19.1. The molecule has 0 atom stereocenters. The minimum atomic E-state index is -0.595. The van der Waals surface area contributed by atoms with E-state index in [-0.39, 0.29) is 30.4 Å². The van der Waals surface area contributed by atoms with E-state index in [9.17, 15) is 18.8 Å². The number of benzene rings is 2. The Morgan fingerprint density at radius 1 is 1.09 bits per heavy atom. The van der Waals surface area contributed by atoms with Gasteiger partial charge in [0.15, 0.2) is 0 Å². The Bertz CT molecular complexity index is 1260. The van der Waals surface area contributed by atoms with Crippen molar-refractivity contribution in [1.29, 1.82) is 0 Å². The highest BCUT2D eigenvalue weighted by Gasteiger charge is 2.34. The Labute approximate surface area is 184 Å². The molecule has 0 unspecified atom stereocenters. The van der Waals surface area contributed by atoms with Crippen LogP contribution >= 0.6 is 0 Å². The van der Waals surface area contributed by atoms with Gasteiger partial charge in [0.05, 0.1) is 10.9 Å². The average Bonchev–Trinajstić information content (AvgIpc) is 2.77. The number of hydrogen-bond donors (Lipinski definition) is 1. The number of halogens is 1. The third kappa shape index (κ3) is 4.36. The maximum atomic E-state index is 13.7. The second-order valence-corrected chi connectivity index (χ2v) is 8.18. The van der Waals surface area contributed by atoms with Gasteiger partial charge in [-0.3, -0.25) is 18.7 Å². The molecule has 1 N–H and O–H groups in total. The largest absolute Gasteiger partial charge is 0.381 e. The van der Waals surface area contributed by atoms with Gasteiger partial charge in [-0.1, -0.05) is 24.3 Å². The zero-order valence-electron chi connectivity index (χ0n) is 18.0. The van der Waals surface area contributed by atoms with Gasteiger partial charge in [0.2, 0.25) is 5.91 Å². The van der Waals surface area contributed by atoms with Crippen molar-refractivity contribution in [3.8, 4) is 0 Å². The lowest BCUT2D eigenvalue weighted by Gasteiger charge is -2.38. The fraction of sp³-hybridized carbons (Fsp3) is 0.375. The zero-order chi connectivity index (χ0) is 22.7. The summed E-state index contributed by atoms with van der Waals surface area (Å²) in [6.45, 7) is 2.69. The van der Waals surface area contributed by atoms with Crippen molar-refractivity contribution in [2.24, 2.45) is 0 Å². The first-order valence-corrected chi connectivity index (χ1v) is 10.8. The van der Waals surface area contributed by atoms with E-state index >= 15 is 0 Å². The lowest BCUT2D eigenvalue weighted by atomic mass is 9.83. The normalized spacial score (nSPS) is 15.6. The molecule has 0 radical (unpaired) electrons. The Kier molecular flexibility index (Phi) is 6.23. The summed E-state index contributed by atoms with van der Waals surface area (Å²) in [5, 5.41) is 3.50. The predicted octanol–water partition coefficient (Wildman–Crippen LogP) is 2.23. The highest BCUT2D eigenvalue weighted by molar-refractivity contribution is 5.82. The maximum Gasteiger partial charge on any atom is 0.331 e. The smallest absolute Gasteiger partial charge is 0.331 e. The van der Waals surface area contributed by atoms with Gasteiger partial charge in [0.1, 0.15) is 12.4 Å². The third-order valence-corrected chi connectivity index (χ3v) is 6.04. The second-order valence-electron chi connectivity index (χ2n) is 8.18. The lowest BCUT2D eigenvalue weighted by Crippen LogP contribution is -2.55. The number of fused-ring (bicyclic) bond motifs is 1. The Morgan fingerprint density at radius 3 is 2.56 bits per heavy atom. The van der Waals surface area contributed by atoms with E-state index < -0.39 is 11.2 Å². The van der Waals surface area contributed by atoms with Crippen molar-refractivity contribution in [1.82, 2.24) is 14.5 Å². The predicted molar refractivity (Wildman–Crippen MR) is 119 cm³/mol. The van der Waals surface area contributed by atoms with Crippen LogP contribution < -0.4 is 16.6 Å². The molecule has 8 heteroatoms. The Morgan fingerprint density at radius 2 is 1.84 bits per heavy atom. The zero-order valence-corrected chi connectivity index (χ0v) is 18.0. The summed E-state index contributed by atoms with van der Waals surface area (Å²) in [4.78, 5) is 38.7. The standard InChI is InChI=1S/C24H26FN3O4/c1-2-27-22(30)19-8-3-4-9-20(19)28(23(27)31)16-21(29)26-24(10-12-32-13-11-24)15-17-6-5-7-18(25)14-17/h3-9,14H,2,10-13,15-16H2,1H3,(H,26,29).